The Hall–Kier alpha value is -2.76. The van der Waals surface area contributed by atoms with Crippen LogP contribution in [0.1, 0.15) is 0 Å². The van der Waals surface area contributed by atoms with E-state index in [1.54, 1.807) is 17.1 Å². The molecule has 0 atom stereocenters. The van der Waals surface area contributed by atoms with Crippen molar-refractivity contribution in [3.8, 4) is 11.3 Å². The van der Waals surface area contributed by atoms with E-state index in [1.807, 2.05) is 19.3 Å². The third-order valence-corrected chi connectivity index (χ3v) is 3.30. The van der Waals surface area contributed by atoms with Crippen molar-refractivity contribution in [3.05, 3.63) is 42.7 Å². The number of halogens is 1. The van der Waals surface area contributed by atoms with Gasteiger partial charge in [0, 0.05) is 29.6 Å². The van der Waals surface area contributed by atoms with Crippen LogP contribution >= 0.6 is 0 Å². The molecule has 4 aromatic heterocycles. The van der Waals surface area contributed by atoms with Gasteiger partial charge in [0.15, 0.2) is 0 Å². The van der Waals surface area contributed by atoms with Crippen molar-refractivity contribution in [2.24, 2.45) is 7.05 Å². The number of nitrogens with zero attached hydrogens (tertiary/aromatic N) is 4. The molecule has 98 valence electrons. The van der Waals surface area contributed by atoms with E-state index in [4.69, 9.17) is 0 Å². The maximum absolute atomic E-state index is 13.4. The molecule has 5 nitrogen and oxygen atoms in total. The van der Waals surface area contributed by atoms with Gasteiger partial charge in [-0.05, 0) is 12.1 Å². The Kier molecular flexibility index (Phi) is 2.14. The number of nitrogens with one attached hydrogen (secondary N) is 1. The van der Waals surface area contributed by atoms with Crippen LogP contribution in [0.25, 0.3) is 33.2 Å². The van der Waals surface area contributed by atoms with E-state index in [0.29, 0.717) is 5.65 Å². The van der Waals surface area contributed by atoms with Crippen molar-refractivity contribution in [1.82, 2.24) is 24.7 Å². The molecule has 0 spiro atoms. The number of fused-ring (bicyclic) bond motifs is 3. The highest BCUT2D eigenvalue weighted by Gasteiger charge is 2.09. The first-order chi connectivity index (χ1) is 9.70. The van der Waals surface area contributed by atoms with Crippen molar-refractivity contribution < 1.29 is 4.39 Å². The van der Waals surface area contributed by atoms with Crippen molar-refractivity contribution >= 4 is 21.9 Å². The topological polar surface area (TPSA) is 59.4 Å². The van der Waals surface area contributed by atoms with Gasteiger partial charge in [-0.25, -0.2) is 9.37 Å². The van der Waals surface area contributed by atoms with E-state index < -0.39 is 0 Å². The number of pyridine rings is 2. The molecule has 0 aliphatic rings. The third kappa shape index (κ3) is 1.58. The predicted octanol–water partition coefficient (Wildman–Crippen LogP) is 2.65. The van der Waals surface area contributed by atoms with Crippen LogP contribution in [-0.2, 0) is 7.05 Å². The van der Waals surface area contributed by atoms with E-state index in [0.717, 1.165) is 27.5 Å². The normalized spacial score (nSPS) is 11.5. The van der Waals surface area contributed by atoms with Crippen LogP contribution in [0.15, 0.2) is 36.9 Å². The summed E-state index contributed by atoms with van der Waals surface area (Å²) in [7, 11) is 1.85. The maximum Gasteiger partial charge on any atom is 0.142 e. The number of H-pyrrole nitrogens is 1. The van der Waals surface area contributed by atoms with Crippen LogP contribution in [0.4, 0.5) is 4.39 Å². The molecule has 0 bridgehead atoms. The first kappa shape index (κ1) is 11.1. The Balaban J connectivity index is 2.02. The van der Waals surface area contributed by atoms with Crippen molar-refractivity contribution in [2.75, 3.05) is 0 Å². The van der Waals surface area contributed by atoms with Gasteiger partial charge in [-0.15, -0.1) is 0 Å². The zero-order chi connectivity index (χ0) is 13.7. The zero-order valence-electron chi connectivity index (χ0n) is 10.6. The minimum Gasteiger partial charge on any atom is -0.338 e. The molecule has 0 saturated heterocycles. The monoisotopic (exact) mass is 267 g/mol. The minimum absolute atomic E-state index is 0.349. The number of rotatable bonds is 1. The van der Waals surface area contributed by atoms with Gasteiger partial charge in [-0.2, -0.15) is 5.10 Å². The summed E-state index contributed by atoms with van der Waals surface area (Å²) in [6.45, 7) is 0. The van der Waals surface area contributed by atoms with E-state index in [9.17, 15) is 4.39 Å². The molecule has 0 fully saturated rings. The molecule has 0 aromatic carbocycles. The molecule has 0 unspecified atom stereocenters. The Morgan fingerprint density at radius 1 is 1.10 bits per heavy atom. The molecule has 20 heavy (non-hydrogen) atoms. The summed E-state index contributed by atoms with van der Waals surface area (Å²) in [5.41, 5.74) is 3.22. The van der Waals surface area contributed by atoms with Gasteiger partial charge >= 0.3 is 0 Å². The minimum atomic E-state index is -0.349. The highest BCUT2D eigenvalue weighted by Crippen LogP contribution is 2.27. The second-order valence-electron chi connectivity index (χ2n) is 4.69. The van der Waals surface area contributed by atoms with Gasteiger partial charge in [0.2, 0.25) is 0 Å². The number of aromatic nitrogens is 5. The first-order valence-electron chi connectivity index (χ1n) is 6.13. The molecular weight excluding hydrogens is 257 g/mol. The summed E-state index contributed by atoms with van der Waals surface area (Å²) < 4.78 is 15.1. The van der Waals surface area contributed by atoms with Crippen molar-refractivity contribution in [2.45, 2.75) is 0 Å². The fraction of sp³-hybridized carbons (Fsp3) is 0.0714. The molecule has 0 aliphatic heterocycles. The van der Waals surface area contributed by atoms with Gasteiger partial charge in [0.05, 0.1) is 29.8 Å². The van der Waals surface area contributed by atoms with Gasteiger partial charge in [-0.3, -0.25) is 9.67 Å². The van der Waals surface area contributed by atoms with Crippen LogP contribution < -0.4 is 0 Å². The van der Waals surface area contributed by atoms with Crippen LogP contribution in [0, 0.1) is 5.82 Å². The summed E-state index contributed by atoms with van der Waals surface area (Å²) in [5.74, 6) is -0.349. The van der Waals surface area contributed by atoms with E-state index in [-0.39, 0.29) is 5.82 Å². The second-order valence-corrected chi connectivity index (χ2v) is 4.69. The molecule has 0 aliphatic carbocycles. The van der Waals surface area contributed by atoms with Crippen molar-refractivity contribution in [1.29, 1.82) is 0 Å². The van der Waals surface area contributed by atoms with Crippen LogP contribution in [0.5, 0.6) is 0 Å². The fourth-order valence-electron chi connectivity index (χ4n) is 2.36. The highest BCUT2D eigenvalue weighted by atomic mass is 19.1. The lowest BCUT2D eigenvalue weighted by atomic mass is 10.1. The van der Waals surface area contributed by atoms with Crippen LogP contribution in [-0.4, -0.2) is 24.7 Å². The molecule has 4 heterocycles. The molecule has 0 amide bonds. The number of aromatic amines is 1. The van der Waals surface area contributed by atoms with Gasteiger partial charge in [-0.1, -0.05) is 0 Å². The van der Waals surface area contributed by atoms with E-state index in [1.165, 1.54) is 12.3 Å². The SMILES string of the molecule is Cn1cc(-c2cc3c(cn2)[nH]c2ncc(F)cc23)cn1. The standard InChI is InChI=1S/C14H10FN5/c1-20-7-8(4-18-20)12-3-10-11-2-9(15)5-17-14(11)19-13(10)6-16-12/h2-7H,1H3,(H,17,19). The number of hydrogen-bond donors (Lipinski definition) is 1. The lowest BCUT2D eigenvalue weighted by Crippen LogP contribution is -1.84. The van der Waals surface area contributed by atoms with Gasteiger partial charge in [0.25, 0.3) is 0 Å². The molecule has 6 heteroatoms. The number of hydrogen-bond acceptors (Lipinski definition) is 3. The fourth-order valence-corrected chi connectivity index (χ4v) is 2.36. The molecule has 1 N–H and O–H groups in total. The molecule has 0 radical (unpaired) electrons. The number of aryl methyl sites for hydroxylation is 1. The van der Waals surface area contributed by atoms with Gasteiger partial charge in [0.1, 0.15) is 11.5 Å². The molecular formula is C14H10FN5. The Morgan fingerprint density at radius 2 is 2.00 bits per heavy atom. The summed E-state index contributed by atoms with van der Waals surface area (Å²) in [4.78, 5) is 11.6. The van der Waals surface area contributed by atoms with Crippen molar-refractivity contribution in [3.63, 3.8) is 0 Å². The quantitative estimate of drug-likeness (QED) is 0.576. The summed E-state index contributed by atoms with van der Waals surface area (Å²) in [6.07, 6.45) is 6.58. The molecule has 4 rings (SSSR count). The van der Waals surface area contributed by atoms with Crippen LogP contribution in [0.2, 0.25) is 0 Å². The van der Waals surface area contributed by atoms with E-state index >= 15 is 0 Å². The summed E-state index contributed by atoms with van der Waals surface area (Å²) in [6, 6.07) is 3.40. The van der Waals surface area contributed by atoms with E-state index in [2.05, 4.69) is 20.1 Å². The molecule has 4 aromatic rings. The Labute approximate surface area is 113 Å². The highest BCUT2D eigenvalue weighted by molar-refractivity contribution is 6.06. The largest absolute Gasteiger partial charge is 0.338 e. The zero-order valence-corrected chi connectivity index (χ0v) is 10.6. The maximum atomic E-state index is 13.4. The smallest absolute Gasteiger partial charge is 0.142 e. The van der Waals surface area contributed by atoms with Crippen LogP contribution in [0.3, 0.4) is 0 Å². The average molecular weight is 267 g/mol. The first-order valence-corrected chi connectivity index (χ1v) is 6.13. The Bertz CT molecular complexity index is 937. The lowest BCUT2D eigenvalue weighted by Gasteiger charge is -1.97. The average Bonchev–Trinajstić information content (AvgIpc) is 3.02. The third-order valence-electron chi connectivity index (χ3n) is 3.30. The Morgan fingerprint density at radius 3 is 2.80 bits per heavy atom. The van der Waals surface area contributed by atoms with Gasteiger partial charge < -0.3 is 4.98 Å². The molecule has 0 saturated carbocycles. The second kappa shape index (κ2) is 3.86. The lowest BCUT2D eigenvalue weighted by molar-refractivity contribution is 0.624. The predicted molar refractivity (Wildman–Crippen MR) is 73.6 cm³/mol. The summed E-state index contributed by atoms with van der Waals surface area (Å²) >= 11 is 0. The summed E-state index contributed by atoms with van der Waals surface area (Å²) in [5, 5.41) is 5.79.